The second-order valence-corrected chi connectivity index (χ2v) is 8.30. The number of pyridine rings is 2. The van der Waals surface area contributed by atoms with Crippen LogP contribution in [-0.4, -0.2) is 23.7 Å². The van der Waals surface area contributed by atoms with Crippen LogP contribution in [0.25, 0.3) is 27.8 Å². The van der Waals surface area contributed by atoms with Gasteiger partial charge in [-0.2, -0.15) is 0 Å². The maximum atomic E-state index is 6.40. The van der Waals surface area contributed by atoms with Gasteiger partial charge in [0.25, 0.3) is 0 Å². The normalized spacial score (nSPS) is 13.6. The van der Waals surface area contributed by atoms with Gasteiger partial charge in [0, 0.05) is 28.3 Å². The molecule has 5 heteroatoms. The number of aromatic nitrogens is 2. The van der Waals surface area contributed by atoms with Gasteiger partial charge < -0.3 is 9.23 Å². The van der Waals surface area contributed by atoms with Crippen LogP contribution in [0.4, 0.5) is 0 Å². The van der Waals surface area contributed by atoms with E-state index in [0.29, 0.717) is 5.71 Å². The minimum atomic E-state index is -0.0220. The third-order valence-corrected chi connectivity index (χ3v) is 6.05. The van der Waals surface area contributed by atoms with Crippen LogP contribution >= 0.6 is 0 Å². The predicted octanol–water partition coefficient (Wildman–Crippen LogP) is 3.35. The minimum Gasteiger partial charge on any atom is -0.449 e. The molecule has 0 spiro atoms. The molecule has 0 unspecified atom stereocenters. The molecule has 0 fully saturated rings. The fourth-order valence-electron chi connectivity index (χ4n) is 4.66. The van der Waals surface area contributed by atoms with Gasteiger partial charge in [-0.1, -0.05) is 30.3 Å². The number of furan rings is 1. The number of aryl methyl sites for hydroxylation is 3. The molecule has 4 aromatic rings. The lowest BCUT2D eigenvalue weighted by molar-refractivity contribution is -0.654. The van der Waals surface area contributed by atoms with Crippen LogP contribution in [0.15, 0.2) is 65.3 Å². The number of nitrogens with zero attached hydrogens (tertiary/aromatic N) is 3. The topological polar surface area (TPSA) is 33.2 Å². The molecule has 4 nitrogen and oxygen atoms in total. The molecular formula is C25H25BN3O+. The molecule has 0 radical (unpaired) electrons. The van der Waals surface area contributed by atoms with Crippen molar-refractivity contribution in [3.63, 3.8) is 0 Å². The number of allylic oxidation sites excluding steroid dienone is 1. The molecule has 3 aromatic heterocycles. The van der Waals surface area contributed by atoms with Crippen molar-refractivity contribution in [1.29, 1.82) is 0 Å². The van der Waals surface area contributed by atoms with Crippen LogP contribution in [0.3, 0.4) is 0 Å². The fraction of sp³-hybridized carbons (Fsp3) is 0.200. The van der Waals surface area contributed by atoms with Crippen molar-refractivity contribution in [2.75, 3.05) is 7.05 Å². The molecule has 0 atom stereocenters. The molecule has 0 saturated heterocycles. The Morgan fingerprint density at radius 2 is 1.80 bits per heavy atom. The van der Waals surface area contributed by atoms with Crippen molar-refractivity contribution in [3.8, 4) is 11.1 Å². The van der Waals surface area contributed by atoms with E-state index in [2.05, 4.69) is 103 Å². The standard InChI is InChI=1S/C25H25BN3O/c1-16-14-28(4)22(13-21(16)19-9-7-6-8-10-19)26-24-23(17(2)15-29(26)5)20-12-11-18(3)27-25(20)30-24/h6-15H,1-5H3/q+1. The highest BCUT2D eigenvalue weighted by Gasteiger charge is 2.41. The van der Waals surface area contributed by atoms with Crippen LogP contribution in [0, 0.1) is 13.8 Å². The zero-order valence-corrected chi connectivity index (χ0v) is 18.1. The van der Waals surface area contributed by atoms with E-state index in [0.717, 1.165) is 16.7 Å². The molecule has 30 heavy (non-hydrogen) atoms. The largest absolute Gasteiger partial charge is 0.449 e. The summed E-state index contributed by atoms with van der Waals surface area (Å²) in [7, 11) is 4.23. The number of benzene rings is 1. The number of hydrogen-bond donors (Lipinski definition) is 0. The van der Waals surface area contributed by atoms with Crippen molar-refractivity contribution in [2.24, 2.45) is 7.05 Å². The molecule has 0 bridgehead atoms. The summed E-state index contributed by atoms with van der Waals surface area (Å²) in [6.07, 6.45) is 4.42. The molecule has 0 saturated carbocycles. The van der Waals surface area contributed by atoms with Gasteiger partial charge in [0.05, 0.1) is 0 Å². The Labute approximate surface area is 177 Å². The predicted molar refractivity (Wildman–Crippen MR) is 123 cm³/mol. The first-order chi connectivity index (χ1) is 14.4. The Kier molecular flexibility index (Phi) is 4.28. The van der Waals surface area contributed by atoms with Gasteiger partial charge in [-0.05, 0) is 62.9 Å². The summed E-state index contributed by atoms with van der Waals surface area (Å²) in [5, 5.41) is 1.08. The lowest BCUT2D eigenvalue weighted by atomic mass is 9.51. The zero-order chi connectivity index (χ0) is 21.0. The zero-order valence-electron chi connectivity index (χ0n) is 18.1. The smallest absolute Gasteiger partial charge is 0.443 e. The molecule has 148 valence electrons. The van der Waals surface area contributed by atoms with Crippen molar-refractivity contribution < 1.29 is 8.98 Å². The maximum Gasteiger partial charge on any atom is 0.443 e. The monoisotopic (exact) mass is 394 g/mol. The van der Waals surface area contributed by atoms with Gasteiger partial charge in [-0.15, -0.1) is 0 Å². The first-order valence-corrected chi connectivity index (χ1v) is 10.3. The van der Waals surface area contributed by atoms with E-state index in [-0.39, 0.29) is 6.85 Å². The van der Waals surface area contributed by atoms with E-state index in [9.17, 15) is 0 Å². The van der Waals surface area contributed by atoms with Crippen LogP contribution in [0.5, 0.6) is 0 Å². The summed E-state index contributed by atoms with van der Waals surface area (Å²) in [6.45, 7) is 6.29. The molecule has 1 aromatic carbocycles. The van der Waals surface area contributed by atoms with Gasteiger partial charge >= 0.3 is 6.85 Å². The Morgan fingerprint density at radius 3 is 2.57 bits per heavy atom. The van der Waals surface area contributed by atoms with Gasteiger partial charge in [0.15, 0.2) is 11.8 Å². The van der Waals surface area contributed by atoms with E-state index in [1.54, 1.807) is 0 Å². The van der Waals surface area contributed by atoms with Gasteiger partial charge in [-0.3, -0.25) is 0 Å². The van der Waals surface area contributed by atoms with Crippen LogP contribution in [0.2, 0.25) is 0 Å². The van der Waals surface area contributed by atoms with Gasteiger partial charge in [0.1, 0.15) is 12.7 Å². The highest BCUT2D eigenvalue weighted by molar-refractivity contribution is 6.82. The molecule has 0 aliphatic carbocycles. The molecule has 1 aliphatic rings. The SMILES string of the molecule is CC1=CN(C)B(c2cc(-c3ccccc3)c(C)c[n+]2C)c2oc3nc(C)ccc3c21. The number of fused-ring (bicyclic) bond motifs is 3. The van der Waals surface area contributed by atoms with E-state index < -0.39 is 0 Å². The summed E-state index contributed by atoms with van der Waals surface area (Å²) < 4.78 is 8.62. The van der Waals surface area contributed by atoms with Crippen LogP contribution < -0.4 is 15.8 Å². The lowest BCUT2D eigenvalue weighted by Crippen LogP contribution is -2.65. The Balaban J connectivity index is 1.75. The van der Waals surface area contributed by atoms with Crippen molar-refractivity contribution in [3.05, 3.63) is 77.7 Å². The highest BCUT2D eigenvalue weighted by Crippen LogP contribution is 2.29. The minimum absolute atomic E-state index is 0.0220. The summed E-state index contributed by atoms with van der Waals surface area (Å²) in [6, 6.07) is 17.1. The molecule has 1 aliphatic heterocycles. The molecule has 0 amide bonds. The maximum absolute atomic E-state index is 6.40. The first kappa shape index (κ1) is 18.7. The van der Waals surface area contributed by atoms with E-state index in [1.165, 1.54) is 33.4 Å². The Hall–Kier alpha value is -3.34. The molecule has 0 N–H and O–H groups in total. The first-order valence-electron chi connectivity index (χ1n) is 10.3. The van der Waals surface area contributed by atoms with E-state index in [1.807, 2.05) is 6.92 Å². The number of hydrogen-bond acceptors (Lipinski definition) is 3. The van der Waals surface area contributed by atoms with Crippen LogP contribution in [0.1, 0.15) is 23.7 Å². The summed E-state index contributed by atoms with van der Waals surface area (Å²) in [5.74, 6) is 0. The Morgan fingerprint density at radius 1 is 1.03 bits per heavy atom. The lowest BCUT2D eigenvalue weighted by Gasteiger charge is -2.26. The van der Waals surface area contributed by atoms with Crippen molar-refractivity contribution >= 4 is 34.8 Å². The average molecular weight is 394 g/mol. The molecule has 5 rings (SSSR count). The van der Waals surface area contributed by atoms with Gasteiger partial charge in [0.2, 0.25) is 5.71 Å². The molecular weight excluding hydrogens is 369 g/mol. The second-order valence-electron chi connectivity index (χ2n) is 8.30. The van der Waals surface area contributed by atoms with Gasteiger partial charge in [-0.25, -0.2) is 9.55 Å². The second kappa shape index (κ2) is 6.87. The summed E-state index contributed by atoms with van der Waals surface area (Å²) in [5.41, 5.74) is 9.91. The quantitative estimate of drug-likeness (QED) is 0.386. The molecule has 4 heterocycles. The average Bonchev–Trinajstić information content (AvgIpc) is 3.08. The Bertz CT molecular complexity index is 1310. The van der Waals surface area contributed by atoms with Crippen LogP contribution in [-0.2, 0) is 7.05 Å². The third-order valence-electron chi connectivity index (χ3n) is 6.05. The van der Waals surface area contributed by atoms with Crippen molar-refractivity contribution in [2.45, 2.75) is 20.8 Å². The number of rotatable bonds is 2. The van der Waals surface area contributed by atoms with Crippen molar-refractivity contribution in [1.82, 2.24) is 9.79 Å². The van der Waals surface area contributed by atoms with E-state index >= 15 is 0 Å². The summed E-state index contributed by atoms with van der Waals surface area (Å²) >= 11 is 0. The van der Waals surface area contributed by atoms with E-state index in [4.69, 9.17) is 4.42 Å². The fourth-order valence-corrected chi connectivity index (χ4v) is 4.66. The highest BCUT2D eigenvalue weighted by atomic mass is 16.3. The third kappa shape index (κ3) is 2.85. The summed E-state index contributed by atoms with van der Waals surface area (Å²) in [4.78, 5) is 6.89.